The average Bonchev–Trinajstić information content (AvgIpc) is 2.88. The highest BCUT2D eigenvalue weighted by molar-refractivity contribution is 7.99. The van der Waals surface area contributed by atoms with E-state index in [4.69, 9.17) is 0 Å². The molecule has 1 aromatic heterocycles. The first kappa shape index (κ1) is 16.5. The summed E-state index contributed by atoms with van der Waals surface area (Å²) in [6.07, 6.45) is 0.103. The van der Waals surface area contributed by atoms with Gasteiger partial charge in [0, 0.05) is 22.1 Å². The van der Waals surface area contributed by atoms with Crippen molar-refractivity contribution in [1.29, 1.82) is 0 Å². The van der Waals surface area contributed by atoms with Gasteiger partial charge in [-0.3, -0.25) is 0 Å². The number of thioether (sulfide) groups is 1. The molecule has 2 nitrogen and oxygen atoms in total. The Balaban J connectivity index is 2.03. The normalized spacial score (nSPS) is 13.4. The summed E-state index contributed by atoms with van der Waals surface area (Å²) in [6, 6.07) is 8.19. The molecule has 2 aromatic rings. The first-order valence-electron chi connectivity index (χ1n) is 7.26. The number of nitrogens with zero attached hydrogens (tertiary/aromatic N) is 1. The topological polar surface area (TPSA) is 33.1 Å². The molecule has 0 aliphatic rings. The summed E-state index contributed by atoms with van der Waals surface area (Å²) in [6.45, 7) is 8.62. The van der Waals surface area contributed by atoms with Crippen LogP contribution in [0.25, 0.3) is 0 Å². The van der Waals surface area contributed by atoms with Gasteiger partial charge in [-0.1, -0.05) is 39.8 Å². The van der Waals surface area contributed by atoms with Crippen LogP contribution >= 0.6 is 23.1 Å². The summed E-state index contributed by atoms with van der Waals surface area (Å²) < 4.78 is 0. The predicted molar refractivity (Wildman–Crippen MR) is 92.3 cm³/mol. The Bertz CT molecular complexity index is 569. The van der Waals surface area contributed by atoms with Crippen molar-refractivity contribution in [3.63, 3.8) is 0 Å². The molecule has 0 aliphatic heterocycles. The number of aromatic nitrogens is 1. The van der Waals surface area contributed by atoms with Crippen LogP contribution in [0.15, 0.2) is 34.5 Å². The zero-order chi connectivity index (χ0) is 15.5. The molecule has 1 unspecified atom stereocenters. The molecule has 0 spiro atoms. The molecule has 4 heteroatoms. The summed E-state index contributed by atoms with van der Waals surface area (Å²) in [7, 11) is 0. The predicted octanol–water partition coefficient (Wildman–Crippen LogP) is 4.83. The van der Waals surface area contributed by atoms with E-state index >= 15 is 0 Å². The van der Waals surface area contributed by atoms with Crippen LogP contribution in [0.1, 0.15) is 50.1 Å². The number of rotatable bonds is 5. The van der Waals surface area contributed by atoms with Crippen LogP contribution in [-0.4, -0.2) is 15.8 Å². The van der Waals surface area contributed by atoms with Gasteiger partial charge >= 0.3 is 0 Å². The number of benzene rings is 1. The van der Waals surface area contributed by atoms with Gasteiger partial charge in [0.1, 0.15) is 0 Å². The second kappa shape index (κ2) is 6.95. The summed E-state index contributed by atoms with van der Waals surface area (Å²) >= 11 is 3.45. The van der Waals surface area contributed by atoms with Crippen LogP contribution in [-0.2, 0) is 11.8 Å². The number of aliphatic hydroxyl groups is 1. The van der Waals surface area contributed by atoms with Crippen LogP contribution < -0.4 is 0 Å². The van der Waals surface area contributed by atoms with E-state index in [0.29, 0.717) is 6.42 Å². The largest absolute Gasteiger partial charge is 0.388 e. The van der Waals surface area contributed by atoms with Crippen molar-refractivity contribution in [2.45, 2.75) is 50.5 Å². The zero-order valence-corrected chi connectivity index (χ0v) is 14.7. The maximum Gasteiger partial charge on any atom is 0.0957 e. The monoisotopic (exact) mass is 321 g/mol. The molecule has 0 amide bonds. The van der Waals surface area contributed by atoms with Crippen molar-refractivity contribution >= 4 is 23.1 Å². The number of hydrogen-bond acceptors (Lipinski definition) is 4. The molecule has 0 saturated heterocycles. The third-order valence-corrected chi connectivity index (χ3v) is 5.03. The minimum absolute atomic E-state index is 0.0682. The van der Waals surface area contributed by atoms with Crippen molar-refractivity contribution in [3.05, 3.63) is 45.9 Å². The van der Waals surface area contributed by atoms with Crippen molar-refractivity contribution < 1.29 is 5.11 Å². The van der Waals surface area contributed by atoms with Crippen LogP contribution in [0.5, 0.6) is 0 Å². The number of hydrogen-bond donors (Lipinski definition) is 1. The zero-order valence-electron chi connectivity index (χ0n) is 13.1. The Kier molecular flexibility index (Phi) is 5.47. The van der Waals surface area contributed by atoms with E-state index in [1.54, 1.807) is 11.3 Å². The molecule has 1 atom stereocenters. The summed E-state index contributed by atoms with van der Waals surface area (Å²) in [4.78, 5) is 5.90. The van der Waals surface area contributed by atoms with Gasteiger partial charge in [-0.25, -0.2) is 4.98 Å². The smallest absolute Gasteiger partial charge is 0.0957 e. The van der Waals surface area contributed by atoms with Crippen molar-refractivity contribution in [1.82, 2.24) is 4.98 Å². The Morgan fingerprint density at radius 2 is 1.90 bits per heavy atom. The summed E-state index contributed by atoms with van der Waals surface area (Å²) in [5.74, 6) is 1.07. The molecule has 0 radical (unpaired) electrons. The van der Waals surface area contributed by atoms with E-state index in [0.717, 1.165) is 22.0 Å². The molecule has 1 heterocycles. The highest BCUT2D eigenvalue weighted by Gasteiger charge is 2.19. The lowest BCUT2D eigenvalue weighted by molar-refractivity contribution is 0.178. The van der Waals surface area contributed by atoms with Gasteiger partial charge in [0.25, 0.3) is 0 Å². The molecule has 1 aromatic carbocycles. The third-order valence-electron chi connectivity index (χ3n) is 3.26. The molecule has 0 saturated carbocycles. The van der Waals surface area contributed by atoms with Gasteiger partial charge < -0.3 is 5.11 Å². The first-order chi connectivity index (χ1) is 9.90. The van der Waals surface area contributed by atoms with Crippen LogP contribution in [0, 0.1) is 0 Å². The quantitative estimate of drug-likeness (QED) is 0.801. The maximum absolute atomic E-state index is 10.4. The minimum atomic E-state index is -0.482. The Morgan fingerprint density at radius 3 is 2.43 bits per heavy atom. The van der Waals surface area contributed by atoms with E-state index in [2.05, 4.69) is 50.2 Å². The first-order valence-corrected chi connectivity index (χ1v) is 9.12. The molecular weight excluding hydrogens is 298 g/mol. The highest BCUT2D eigenvalue weighted by Crippen LogP contribution is 2.27. The second-order valence-corrected chi connectivity index (χ2v) is 8.38. The fraction of sp³-hybridized carbons (Fsp3) is 0.471. The fourth-order valence-corrected chi connectivity index (χ4v) is 3.71. The molecule has 0 bridgehead atoms. The Morgan fingerprint density at radius 1 is 1.24 bits per heavy atom. The van der Waals surface area contributed by atoms with Gasteiger partial charge in [0.2, 0.25) is 0 Å². The molecular formula is C17H23NOS2. The molecule has 0 fully saturated rings. The third kappa shape index (κ3) is 4.56. The Labute approximate surface area is 135 Å². The van der Waals surface area contributed by atoms with E-state index in [9.17, 15) is 5.11 Å². The second-order valence-electron chi connectivity index (χ2n) is 6.10. The average molecular weight is 322 g/mol. The van der Waals surface area contributed by atoms with Crippen molar-refractivity contribution in [2.24, 2.45) is 0 Å². The van der Waals surface area contributed by atoms with E-state index in [-0.39, 0.29) is 5.41 Å². The lowest BCUT2D eigenvalue weighted by atomic mass is 9.93. The highest BCUT2D eigenvalue weighted by atomic mass is 32.2. The summed E-state index contributed by atoms with van der Waals surface area (Å²) in [5, 5.41) is 13.5. The summed E-state index contributed by atoms with van der Waals surface area (Å²) in [5.41, 5.74) is 2.13. The molecule has 1 N–H and O–H groups in total. The lowest BCUT2D eigenvalue weighted by Gasteiger charge is -2.14. The van der Waals surface area contributed by atoms with E-state index in [1.807, 2.05) is 23.9 Å². The van der Waals surface area contributed by atoms with Crippen molar-refractivity contribution in [2.75, 3.05) is 5.75 Å². The fourth-order valence-electron chi connectivity index (χ4n) is 1.99. The minimum Gasteiger partial charge on any atom is -0.388 e. The van der Waals surface area contributed by atoms with Gasteiger partial charge in [-0.05, 0) is 23.4 Å². The lowest BCUT2D eigenvalue weighted by Crippen LogP contribution is -2.12. The SMILES string of the molecule is CCSc1ccc(C(O)Cc2nc(C(C)(C)C)cs2)cc1. The number of thiazole rings is 1. The van der Waals surface area contributed by atoms with Gasteiger partial charge in [-0.15, -0.1) is 23.1 Å². The standard InChI is InChI=1S/C17H23NOS2/c1-5-20-13-8-6-12(7-9-13)14(19)10-16-18-15(11-21-16)17(2,3)4/h6-9,11,14,19H,5,10H2,1-4H3. The van der Waals surface area contributed by atoms with Gasteiger partial charge in [0.15, 0.2) is 0 Å². The van der Waals surface area contributed by atoms with Crippen molar-refractivity contribution in [3.8, 4) is 0 Å². The molecule has 0 aliphatic carbocycles. The Hall–Kier alpha value is -0.840. The van der Waals surface area contributed by atoms with Crippen LogP contribution in [0.2, 0.25) is 0 Å². The molecule has 114 valence electrons. The van der Waals surface area contributed by atoms with Crippen LogP contribution in [0.3, 0.4) is 0 Å². The molecule has 2 rings (SSSR count). The van der Waals surface area contributed by atoms with Gasteiger partial charge in [-0.2, -0.15) is 0 Å². The van der Waals surface area contributed by atoms with E-state index < -0.39 is 6.10 Å². The van der Waals surface area contributed by atoms with Gasteiger partial charge in [0.05, 0.1) is 16.8 Å². The molecule has 21 heavy (non-hydrogen) atoms. The van der Waals surface area contributed by atoms with E-state index in [1.165, 1.54) is 4.90 Å². The maximum atomic E-state index is 10.4. The number of aliphatic hydroxyl groups excluding tert-OH is 1. The van der Waals surface area contributed by atoms with Crippen LogP contribution in [0.4, 0.5) is 0 Å².